The Kier molecular flexibility index (Phi) is 2.55. The highest BCUT2D eigenvalue weighted by molar-refractivity contribution is 7.89. The molecule has 5 nitrogen and oxygen atoms in total. The molecular formula is C10H13NO4S. The Morgan fingerprint density at radius 3 is 2.38 bits per heavy atom. The van der Waals surface area contributed by atoms with Gasteiger partial charge in [-0.1, -0.05) is 0 Å². The summed E-state index contributed by atoms with van der Waals surface area (Å²) in [4.78, 5) is 0.214. The highest BCUT2D eigenvalue weighted by atomic mass is 32.2. The summed E-state index contributed by atoms with van der Waals surface area (Å²) in [6.45, 7) is 3.47. The molecular weight excluding hydrogens is 230 g/mol. The third-order valence-electron chi connectivity index (χ3n) is 2.39. The van der Waals surface area contributed by atoms with Crippen LogP contribution in [0.3, 0.4) is 0 Å². The Balaban J connectivity index is 2.55. The molecule has 0 aliphatic carbocycles. The maximum atomic E-state index is 11.7. The Hall–Kier alpha value is -1.27. The third-order valence-corrected chi connectivity index (χ3v) is 3.94. The summed E-state index contributed by atoms with van der Waals surface area (Å²) in [6, 6.07) is 3.16. The normalized spacial score (nSPS) is 18.8. The fourth-order valence-electron chi connectivity index (χ4n) is 1.61. The Morgan fingerprint density at radius 1 is 1.25 bits per heavy atom. The van der Waals surface area contributed by atoms with Gasteiger partial charge < -0.3 is 9.47 Å². The SMILES string of the molecule is CNS(=O)(=O)c1cc2c(cc1C)OC(C)O2. The molecule has 1 aliphatic rings. The van der Waals surface area contributed by atoms with Crippen LogP contribution in [0.4, 0.5) is 0 Å². The minimum atomic E-state index is -3.45. The van der Waals surface area contributed by atoms with Crippen molar-refractivity contribution in [1.82, 2.24) is 4.72 Å². The zero-order valence-electron chi connectivity index (χ0n) is 9.27. The smallest absolute Gasteiger partial charge is 0.240 e. The summed E-state index contributed by atoms with van der Waals surface area (Å²) in [6.07, 6.45) is -0.373. The van der Waals surface area contributed by atoms with E-state index < -0.39 is 10.0 Å². The average molecular weight is 243 g/mol. The first-order valence-electron chi connectivity index (χ1n) is 4.85. The third kappa shape index (κ3) is 1.74. The van der Waals surface area contributed by atoms with Gasteiger partial charge in [0.2, 0.25) is 16.3 Å². The fourth-order valence-corrected chi connectivity index (χ4v) is 2.57. The van der Waals surface area contributed by atoms with Gasteiger partial charge in [-0.15, -0.1) is 0 Å². The van der Waals surface area contributed by atoms with Crippen LogP contribution in [0, 0.1) is 6.92 Å². The minimum Gasteiger partial charge on any atom is -0.451 e. The van der Waals surface area contributed by atoms with Crippen molar-refractivity contribution in [2.45, 2.75) is 25.0 Å². The Bertz CT molecular complexity index is 524. The molecule has 0 spiro atoms. The molecule has 16 heavy (non-hydrogen) atoms. The summed E-state index contributed by atoms with van der Waals surface area (Å²) in [7, 11) is -2.08. The standard InChI is InChI=1S/C10H13NO4S/c1-6-4-8-9(15-7(2)14-8)5-10(6)16(12,13)11-3/h4-5,7,11H,1-3H3. The quantitative estimate of drug-likeness (QED) is 0.842. The lowest BCUT2D eigenvalue weighted by Crippen LogP contribution is -2.19. The summed E-state index contributed by atoms with van der Waals surface area (Å²) >= 11 is 0. The van der Waals surface area contributed by atoms with Gasteiger partial charge in [0.05, 0.1) is 4.90 Å². The van der Waals surface area contributed by atoms with E-state index in [1.807, 2.05) is 0 Å². The summed E-state index contributed by atoms with van der Waals surface area (Å²) in [5.41, 5.74) is 0.630. The topological polar surface area (TPSA) is 64.6 Å². The van der Waals surface area contributed by atoms with Crippen LogP contribution < -0.4 is 14.2 Å². The second-order valence-electron chi connectivity index (χ2n) is 3.58. The molecule has 0 aromatic heterocycles. The molecule has 0 bridgehead atoms. The molecule has 1 atom stereocenters. The summed E-state index contributed by atoms with van der Waals surface area (Å²) in [5, 5.41) is 0. The number of aryl methyl sites for hydroxylation is 1. The monoisotopic (exact) mass is 243 g/mol. The number of sulfonamides is 1. The Morgan fingerprint density at radius 2 is 1.81 bits per heavy atom. The van der Waals surface area contributed by atoms with E-state index in [4.69, 9.17) is 9.47 Å². The van der Waals surface area contributed by atoms with Crippen molar-refractivity contribution in [1.29, 1.82) is 0 Å². The van der Waals surface area contributed by atoms with Crippen LogP contribution in [0.15, 0.2) is 17.0 Å². The molecule has 1 aromatic rings. The van der Waals surface area contributed by atoms with Gasteiger partial charge in [-0.25, -0.2) is 13.1 Å². The van der Waals surface area contributed by atoms with Gasteiger partial charge in [0.25, 0.3) is 0 Å². The van der Waals surface area contributed by atoms with Crippen molar-refractivity contribution >= 4 is 10.0 Å². The van der Waals surface area contributed by atoms with Crippen LogP contribution in [-0.2, 0) is 10.0 Å². The number of nitrogens with one attached hydrogen (secondary N) is 1. The first-order chi connectivity index (χ1) is 7.44. The largest absolute Gasteiger partial charge is 0.451 e. The van der Waals surface area contributed by atoms with Crippen LogP contribution in [0.1, 0.15) is 12.5 Å². The second-order valence-corrected chi connectivity index (χ2v) is 5.43. The number of benzene rings is 1. The highest BCUT2D eigenvalue weighted by Gasteiger charge is 2.25. The van der Waals surface area contributed by atoms with Gasteiger partial charge in [-0.2, -0.15) is 0 Å². The van der Waals surface area contributed by atoms with E-state index in [2.05, 4.69) is 4.72 Å². The molecule has 1 heterocycles. The molecule has 88 valence electrons. The zero-order valence-corrected chi connectivity index (χ0v) is 10.1. The van der Waals surface area contributed by atoms with Crippen molar-refractivity contribution in [3.05, 3.63) is 17.7 Å². The lowest BCUT2D eigenvalue weighted by molar-refractivity contribution is 0.0678. The first kappa shape index (κ1) is 11.2. The van der Waals surface area contributed by atoms with Crippen LogP contribution in [0.25, 0.3) is 0 Å². The maximum Gasteiger partial charge on any atom is 0.240 e. The molecule has 0 saturated heterocycles. The zero-order chi connectivity index (χ0) is 11.9. The number of rotatable bonds is 2. The predicted molar refractivity (Wildman–Crippen MR) is 58.1 cm³/mol. The van der Waals surface area contributed by atoms with Gasteiger partial charge >= 0.3 is 0 Å². The van der Waals surface area contributed by atoms with E-state index in [1.165, 1.54) is 13.1 Å². The van der Waals surface area contributed by atoms with E-state index in [9.17, 15) is 8.42 Å². The van der Waals surface area contributed by atoms with Gasteiger partial charge in [0, 0.05) is 13.0 Å². The first-order valence-corrected chi connectivity index (χ1v) is 6.34. The lowest BCUT2D eigenvalue weighted by atomic mass is 10.2. The second kappa shape index (κ2) is 3.64. The molecule has 1 unspecified atom stereocenters. The molecule has 2 rings (SSSR count). The fraction of sp³-hybridized carbons (Fsp3) is 0.400. The van der Waals surface area contributed by atoms with E-state index in [0.29, 0.717) is 17.1 Å². The summed E-state index contributed by atoms with van der Waals surface area (Å²) < 4.78 is 36.3. The van der Waals surface area contributed by atoms with Gasteiger partial charge in [-0.05, 0) is 25.6 Å². The molecule has 0 amide bonds. The van der Waals surface area contributed by atoms with Crippen LogP contribution in [0.2, 0.25) is 0 Å². The van der Waals surface area contributed by atoms with Crippen LogP contribution >= 0.6 is 0 Å². The molecule has 6 heteroatoms. The number of fused-ring (bicyclic) bond motifs is 1. The predicted octanol–water partition coefficient (Wildman–Crippen LogP) is 1.02. The molecule has 1 aromatic carbocycles. The van der Waals surface area contributed by atoms with Crippen LogP contribution in [-0.4, -0.2) is 21.8 Å². The van der Waals surface area contributed by atoms with Crippen molar-refractivity contribution < 1.29 is 17.9 Å². The number of ether oxygens (including phenoxy) is 2. The van der Waals surface area contributed by atoms with Crippen molar-refractivity contribution in [2.75, 3.05) is 7.05 Å². The molecule has 0 fully saturated rings. The van der Waals surface area contributed by atoms with Gasteiger partial charge in [0.15, 0.2) is 11.5 Å². The average Bonchev–Trinajstić information content (AvgIpc) is 2.56. The highest BCUT2D eigenvalue weighted by Crippen LogP contribution is 2.38. The van der Waals surface area contributed by atoms with E-state index in [-0.39, 0.29) is 11.2 Å². The van der Waals surface area contributed by atoms with Gasteiger partial charge in [-0.3, -0.25) is 0 Å². The number of hydrogen-bond acceptors (Lipinski definition) is 4. The molecule has 0 radical (unpaired) electrons. The van der Waals surface area contributed by atoms with Crippen LogP contribution in [0.5, 0.6) is 11.5 Å². The van der Waals surface area contributed by atoms with Crippen molar-refractivity contribution in [2.24, 2.45) is 0 Å². The number of hydrogen-bond donors (Lipinski definition) is 1. The molecule has 1 N–H and O–H groups in total. The Labute approximate surface area is 94.4 Å². The van der Waals surface area contributed by atoms with E-state index >= 15 is 0 Å². The minimum absolute atomic E-state index is 0.214. The summed E-state index contributed by atoms with van der Waals surface area (Å²) in [5.74, 6) is 1.05. The lowest BCUT2D eigenvalue weighted by Gasteiger charge is -2.07. The van der Waals surface area contributed by atoms with E-state index in [0.717, 1.165) is 0 Å². The van der Waals surface area contributed by atoms with E-state index in [1.54, 1.807) is 19.9 Å². The van der Waals surface area contributed by atoms with Crippen molar-refractivity contribution in [3.8, 4) is 11.5 Å². The van der Waals surface area contributed by atoms with Gasteiger partial charge in [0.1, 0.15) is 0 Å². The van der Waals surface area contributed by atoms with Crippen molar-refractivity contribution in [3.63, 3.8) is 0 Å². The maximum absolute atomic E-state index is 11.7. The molecule has 0 saturated carbocycles. The molecule has 1 aliphatic heterocycles.